The van der Waals surface area contributed by atoms with Crippen molar-refractivity contribution in [2.24, 2.45) is 0 Å². The Labute approximate surface area is 140 Å². The molecule has 0 unspecified atom stereocenters. The average molecular weight is 341 g/mol. The van der Waals surface area contributed by atoms with Gasteiger partial charge in [0.15, 0.2) is 0 Å². The number of para-hydroxylation sites is 1. The number of nitrogens with two attached hydrogens (primary N) is 1. The largest absolute Gasteiger partial charge is 0.491 e. The normalized spacial score (nSPS) is 12.1. The van der Waals surface area contributed by atoms with E-state index in [0.717, 1.165) is 24.3 Å². The highest BCUT2D eigenvalue weighted by Crippen LogP contribution is 2.20. The minimum atomic E-state index is -0.499. The maximum atomic E-state index is 9.90. The summed E-state index contributed by atoms with van der Waals surface area (Å²) in [6.07, 6.45) is 0.336. The summed E-state index contributed by atoms with van der Waals surface area (Å²) in [5.74, 6) is 0.773. The Balaban J connectivity index is 1.63. The lowest BCUT2D eigenvalue weighted by atomic mass is 10.1. The van der Waals surface area contributed by atoms with Gasteiger partial charge in [0.2, 0.25) is 0 Å². The third kappa shape index (κ3) is 5.85. The standard InChI is InChI=1S/C17H19Cl2NO2/c18-14-7-6-13(17(19)10-14)8-9-20-11-15(21)12-22-16-4-2-1-3-5-16/h1-7,10,15,20-21H,8-9,11-12H2/p+1/t15-/m1/s1. The molecule has 2 rings (SSSR count). The third-order valence-corrected chi connectivity index (χ3v) is 3.84. The van der Waals surface area contributed by atoms with E-state index in [1.807, 2.05) is 42.5 Å². The number of aliphatic hydroxyl groups excluding tert-OH is 1. The SMILES string of the molecule is O[C@H](C[NH2+]CCc1ccc(Cl)cc1Cl)COc1ccccc1. The molecule has 0 saturated carbocycles. The number of hydrogen-bond acceptors (Lipinski definition) is 2. The van der Waals surface area contributed by atoms with E-state index in [0.29, 0.717) is 23.2 Å². The van der Waals surface area contributed by atoms with E-state index < -0.39 is 6.10 Å². The van der Waals surface area contributed by atoms with Crippen LogP contribution in [-0.4, -0.2) is 30.9 Å². The second-order valence-corrected chi connectivity index (χ2v) is 5.92. The Bertz CT molecular complexity index is 578. The molecule has 0 aliphatic rings. The molecule has 0 fully saturated rings. The highest BCUT2D eigenvalue weighted by molar-refractivity contribution is 6.35. The van der Waals surface area contributed by atoms with Gasteiger partial charge in [-0.05, 0) is 29.8 Å². The highest BCUT2D eigenvalue weighted by Gasteiger charge is 2.08. The fourth-order valence-corrected chi connectivity index (χ4v) is 2.57. The molecule has 0 bridgehead atoms. The minimum absolute atomic E-state index is 0.294. The van der Waals surface area contributed by atoms with Crippen molar-refractivity contribution >= 4 is 23.2 Å². The second kappa shape index (κ2) is 9.01. The molecule has 0 heterocycles. The smallest absolute Gasteiger partial charge is 0.137 e. The molecule has 3 nitrogen and oxygen atoms in total. The second-order valence-electron chi connectivity index (χ2n) is 5.08. The molecule has 0 spiro atoms. The van der Waals surface area contributed by atoms with E-state index in [9.17, 15) is 5.11 Å². The van der Waals surface area contributed by atoms with Crippen LogP contribution in [-0.2, 0) is 6.42 Å². The van der Waals surface area contributed by atoms with Gasteiger partial charge >= 0.3 is 0 Å². The van der Waals surface area contributed by atoms with Crippen LogP contribution in [0.2, 0.25) is 10.0 Å². The number of benzene rings is 2. The first kappa shape index (κ1) is 17.1. The summed E-state index contributed by atoms with van der Waals surface area (Å²) >= 11 is 12.0. The maximum Gasteiger partial charge on any atom is 0.137 e. The maximum absolute atomic E-state index is 9.90. The fourth-order valence-electron chi connectivity index (χ4n) is 2.07. The van der Waals surface area contributed by atoms with Crippen LogP contribution in [0.3, 0.4) is 0 Å². The quantitative estimate of drug-likeness (QED) is 0.725. The van der Waals surface area contributed by atoms with Crippen molar-refractivity contribution in [2.75, 3.05) is 19.7 Å². The van der Waals surface area contributed by atoms with Crippen LogP contribution in [0.1, 0.15) is 5.56 Å². The topological polar surface area (TPSA) is 46.1 Å². The predicted molar refractivity (Wildman–Crippen MR) is 89.8 cm³/mol. The lowest BCUT2D eigenvalue weighted by Crippen LogP contribution is -2.87. The summed E-state index contributed by atoms with van der Waals surface area (Å²) in [5, 5.41) is 13.3. The van der Waals surface area contributed by atoms with Crippen molar-refractivity contribution in [2.45, 2.75) is 12.5 Å². The predicted octanol–water partition coefficient (Wildman–Crippen LogP) is 2.54. The molecular weight excluding hydrogens is 321 g/mol. The Morgan fingerprint density at radius 1 is 1.09 bits per heavy atom. The van der Waals surface area contributed by atoms with Gasteiger partial charge in [0.05, 0.1) is 6.54 Å². The zero-order chi connectivity index (χ0) is 15.8. The molecule has 1 atom stereocenters. The summed E-state index contributed by atoms with van der Waals surface area (Å²) in [5.41, 5.74) is 1.07. The van der Waals surface area contributed by atoms with Gasteiger partial charge in [-0.25, -0.2) is 0 Å². The molecule has 0 saturated heterocycles. The first-order chi connectivity index (χ1) is 10.6. The summed E-state index contributed by atoms with van der Waals surface area (Å²) in [7, 11) is 0. The fraction of sp³-hybridized carbons (Fsp3) is 0.294. The van der Waals surface area contributed by atoms with Gasteiger partial charge in [0.1, 0.15) is 25.0 Å². The number of rotatable bonds is 8. The van der Waals surface area contributed by atoms with E-state index in [4.69, 9.17) is 27.9 Å². The molecule has 0 aromatic heterocycles. The summed E-state index contributed by atoms with van der Waals surface area (Å²) in [6, 6.07) is 15.0. The van der Waals surface area contributed by atoms with Gasteiger partial charge in [0, 0.05) is 16.5 Å². The zero-order valence-electron chi connectivity index (χ0n) is 12.2. The van der Waals surface area contributed by atoms with Crippen LogP contribution >= 0.6 is 23.2 Å². The van der Waals surface area contributed by atoms with E-state index in [2.05, 4.69) is 5.32 Å². The molecule has 0 aliphatic heterocycles. The van der Waals surface area contributed by atoms with Crippen LogP contribution < -0.4 is 10.1 Å². The molecule has 5 heteroatoms. The van der Waals surface area contributed by atoms with Crippen molar-refractivity contribution in [1.82, 2.24) is 0 Å². The van der Waals surface area contributed by atoms with Gasteiger partial charge in [-0.15, -0.1) is 0 Å². The van der Waals surface area contributed by atoms with Crippen LogP contribution in [0.5, 0.6) is 5.75 Å². The molecular formula is C17H20Cl2NO2+. The molecule has 3 N–H and O–H groups in total. The molecule has 2 aromatic rings. The van der Waals surface area contributed by atoms with Crippen molar-refractivity contribution in [3.63, 3.8) is 0 Å². The molecule has 0 aliphatic carbocycles. The Morgan fingerprint density at radius 2 is 1.86 bits per heavy atom. The highest BCUT2D eigenvalue weighted by atomic mass is 35.5. The Hall–Kier alpha value is -1.26. The van der Waals surface area contributed by atoms with E-state index in [1.165, 1.54) is 0 Å². The van der Waals surface area contributed by atoms with Gasteiger partial charge in [-0.1, -0.05) is 47.5 Å². The lowest BCUT2D eigenvalue weighted by molar-refractivity contribution is -0.660. The Morgan fingerprint density at radius 3 is 2.59 bits per heavy atom. The molecule has 0 radical (unpaired) electrons. The van der Waals surface area contributed by atoms with Gasteiger partial charge in [-0.2, -0.15) is 0 Å². The molecule has 22 heavy (non-hydrogen) atoms. The Kier molecular flexibility index (Phi) is 7.00. The van der Waals surface area contributed by atoms with Crippen LogP contribution in [0.25, 0.3) is 0 Å². The number of ether oxygens (including phenoxy) is 1. The van der Waals surface area contributed by atoms with Crippen LogP contribution in [0.15, 0.2) is 48.5 Å². The first-order valence-electron chi connectivity index (χ1n) is 7.26. The number of quaternary nitrogens is 1. The molecule has 2 aromatic carbocycles. The minimum Gasteiger partial charge on any atom is -0.491 e. The van der Waals surface area contributed by atoms with Gasteiger partial charge < -0.3 is 15.2 Å². The van der Waals surface area contributed by atoms with Crippen molar-refractivity contribution in [3.8, 4) is 5.75 Å². The van der Waals surface area contributed by atoms with Crippen molar-refractivity contribution < 1.29 is 15.2 Å². The lowest BCUT2D eigenvalue weighted by Gasteiger charge is -2.11. The number of aliphatic hydroxyl groups is 1. The van der Waals surface area contributed by atoms with Crippen molar-refractivity contribution in [1.29, 1.82) is 0 Å². The molecule has 118 valence electrons. The van der Waals surface area contributed by atoms with Crippen molar-refractivity contribution in [3.05, 3.63) is 64.1 Å². The van der Waals surface area contributed by atoms with E-state index in [1.54, 1.807) is 6.07 Å². The average Bonchev–Trinajstić information content (AvgIpc) is 2.52. The number of hydrogen-bond donors (Lipinski definition) is 2. The summed E-state index contributed by atoms with van der Waals surface area (Å²) in [6.45, 7) is 1.74. The summed E-state index contributed by atoms with van der Waals surface area (Å²) in [4.78, 5) is 0. The van der Waals surface area contributed by atoms with Crippen LogP contribution in [0.4, 0.5) is 0 Å². The van der Waals surface area contributed by atoms with E-state index in [-0.39, 0.29) is 0 Å². The first-order valence-corrected chi connectivity index (χ1v) is 8.02. The number of halogens is 2. The zero-order valence-corrected chi connectivity index (χ0v) is 13.7. The molecule has 0 amide bonds. The third-order valence-electron chi connectivity index (χ3n) is 3.26. The summed E-state index contributed by atoms with van der Waals surface area (Å²) < 4.78 is 5.51. The monoisotopic (exact) mass is 340 g/mol. The van der Waals surface area contributed by atoms with Crippen LogP contribution in [0, 0.1) is 0 Å². The van der Waals surface area contributed by atoms with Gasteiger partial charge in [-0.3, -0.25) is 0 Å². The van der Waals surface area contributed by atoms with E-state index >= 15 is 0 Å². The van der Waals surface area contributed by atoms with Gasteiger partial charge in [0.25, 0.3) is 0 Å².